The van der Waals surface area contributed by atoms with E-state index in [1.54, 1.807) is 0 Å². The molecule has 0 spiro atoms. The molecule has 0 unspecified atom stereocenters. The fourth-order valence-electron chi connectivity index (χ4n) is 2.85. The average Bonchev–Trinajstić information content (AvgIpc) is 2.57. The van der Waals surface area contributed by atoms with Crippen LogP contribution in [0.2, 0.25) is 0 Å². The Bertz CT molecular complexity index is 647. The van der Waals surface area contributed by atoms with Gasteiger partial charge in [0.05, 0.1) is 39.6 Å². The summed E-state index contributed by atoms with van der Waals surface area (Å²) in [6.07, 6.45) is 0.0835. The highest BCUT2D eigenvalue weighted by atomic mass is 16.2. The van der Waals surface area contributed by atoms with Crippen molar-refractivity contribution in [1.29, 1.82) is 0 Å². The zero-order valence-electron chi connectivity index (χ0n) is 14.1. The minimum Gasteiger partial charge on any atom is -0.334 e. The van der Waals surface area contributed by atoms with Crippen molar-refractivity contribution in [2.24, 2.45) is 4.99 Å². The molecule has 1 saturated heterocycles. The quantitative estimate of drug-likeness (QED) is 0.651. The maximum Gasteiger partial charge on any atom is 0.249 e. The molecular formula is C17H24N5O2+. The highest BCUT2D eigenvalue weighted by Crippen LogP contribution is 2.13. The van der Waals surface area contributed by atoms with Gasteiger partial charge in [0.25, 0.3) is 0 Å². The summed E-state index contributed by atoms with van der Waals surface area (Å²) in [5.74, 6) is 0.129. The number of likely N-dealkylation sites (N-methyl/N-ethyl adjacent to an activating group) is 1. The van der Waals surface area contributed by atoms with Crippen LogP contribution in [-0.2, 0) is 9.59 Å². The lowest BCUT2D eigenvalue weighted by molar-refractivity contribution is -0.883. The Hall–Kier alpha value is -2.41. The van der Waals surface area contributed by atoms with E-state index in [1.807, 2.05) is 31.2 Å². The first-order valence-electron chi connectivity index (χ1n) is 8.33. The van der Waals surface area contributed by atoms with Crippen molar-refractivity contribution in [3.8, 4) is 0 Å². The van der Waals surface area contributed by atoms with Gasteiger partial charge in [-0.25, -0.2) is 4.99 Å². The third-order valence-electron chi connectivity index (χ3n) is 4.45. The van der Waals surface area contributed by atoms with E-state index in [2.05, 4.69) is 27.6 Å². The van der Waals surface area contributed by atoms with Crippen LogP contribution in [0.3, 0.4) is 0 Å². The minimum absolute atomic E-state index is 0.0835. The number of rotatable bonds is 2. The van der Waals surface area contributed by atoms with Crippen molar-refractivity contribution in [3.63, 3.8) is 0 Å². The summed E-state index contributed by atoms with van der Waals surface area (Å²) in [5, 5.41) is 5.65. The number of carbonyl (C=O) groups excluding carboxylic acids is 2. The number of hydrogen-bond donors (Lipinski definition) is 3. The number of carbonyl (C=O) groups is 2. The maximum atomic E-state index is 12.5. The standard InChI is InChI=1S/C17H23N5O2/c1-12-3-5-13(6-4-12)18-16(24)14-11-15(23)20-17(19-14)22-9-7-21(2)8-10-22/h3-6,14H,7-11H2,1-2H3,(H,18,24)(H,19,20,23)/p+1/t14-/m1/s1. The van der Waals surface area contributed by atoms with Crippen LogP contribution >= 0.6 is 0 Å². The Balaban J connectivity index is 1.69. The fourth-order valence-corrected chi connectivity index (χ4v) is 2.85. The third kappa shape index (κ3) is 3.91. The van der Waals surface area contributed by atoms with Crippen LogP contribution in [0.5, 0.6) is 0 Å². The molecule has 1 fully saturated rings. The van der Waals surface area contributed by atoms with Gasteiger partial charge in [-0.05, 0) is 19.1 Å². The van der Waals surface area contributed by atoms with Crippen LogP contribution in [0.15, 0.2) is 29.3 Å². The Morgan fingerprint density at radius 1 is 1.29 bits per heavy atom. The Kier molecular flexibility index (Phi) is 4.80. The SMILES string of the molecule is Cc1ccc(NC(=O)[C@H]2CC(=O)NC(N3CC[NH+](C)CC3)=N2)cc1. The number of piperazine rings is 1. The first kappa shape index (κ1) is 16.4. The summed E-state index contributed by atoms with van der Waals surface area (Å²) in [6.45, 7) is 5.64. The second kappa shape index (κ2) is 7.00. The van der Waals surface area contributed by atoms with E-state index in [0.717, 1.165) is 37.4 Å². The normalized spacial score (nSPS) is 21.9. The molecule has 2 amide bonds. The number of hydrogen-bond acceptors (Lipinski definition) is 4. The average molecular weight is 330 g/mol. The molecule has 0 saturated carbocycles. The molecule has 1 aromatic carbocycles. The van der Waals surface area contributed by atoms with Gasteiger partial charge in [-0.3, -0.25) is 14.9 Å². The summed E-state index contributed by atoms with van der Waals surface area (Å²) in [4.78, 5) is 32.4. The predicted octanol–water partition coefficient (Wildman–Crippen LogP) is -0.992. The van der Waals surface area contributed by atoms with Gasteiger partial charge in [0.2, 0.25) is 17.8 Å². The summed E-state index contributed by atoms with van der Waals surface area (Å²) in [7, 11) is 2.15. The van der Waals surface area contributed by atoms with E-state index in [9.17, 15) is 9.59 Å². The maximum absolute atomic E-state index is 12.5. The zero-order valence-corrected chi connectivity index (χ0v) is 14.1. The summed E-state index contributed by atoms with van der Waals surface area (Å²) < 4.78 is 0. The summed E-state index contributed by atoms with van der Waals surface area (Å²) >= 11 is 0. The van der Waals surface area contributed by atoms with Crippen molar-refractivity contribution >= 4 is 23.5 Å². The molecule has 7 heteroatoms. The highest BCUT2D eigenvalue weighted by molar-refractivity contribution is 6.05. The number of anilines is 1. The first-order chi connectivity index (χ1) is 11.5. The van der Waals surface area contributed by atoms with Crippen LogP contribution in [0, 0.1) is 6.92 Å². The molecule has 7 nitrogen and oxygen atoms in total. The van der Waals surface area contributed by atoms with Gasteiger partial charge in [0.15, 0.2) is 0 Å². The second-order valence-electron chi connectivity index (χ2n) is 6.52. The number of nitrogens with one attached hydrogen (secondary N) is 3. The summed E-state index contributed by atoms with van der Waals surface area (Å²) in [6, 6.07) is 6.89. The second-order valence-corrected chi connectivity index (χ2v) is 6.52. The van der Waals surface area contributed by atoms with Crippen LogP contribution < -0.4 is 15.5 Å². The smallest absolute Gasteiger partial charge is 0.249 e. The van der Waals surface area contributed by atoms with Gasteiger partial charge in [-0.15, -0.1) is 0 Å². The van der Waals surface area contributed by atoms with E-state index < -0.39 is 6.04 Å². The first-order valence-corrected chi connectivity index (χ1v) is 8.33. The van der Waals surface area contributed by atoms with Gasteiger partial charge < -0.3 is 15.1 Å². The molecule has 2 aliphatic rings. The van der Waals surface area contributed by atoms with E-state index in [4.69, 9.17) is 0 Å². The molecule has 3 N–H and O–H groups in total. The van der Waals surface area contributed by atoms with Gasteiger partial charge in [0.1, 0.15) is 6.04 Å². The van der Waals surface area contributed by atoms with Crippen molar-refractivity contribution in [2.75, 3.05) is 38.5 Å². The highest BCUT2D eigenvalue weighted by Gasteiger charge is 2.30. The molecule has 1 aromatic rings. The molecule has 0 aromatic heterocycles. The number of benzene rings is 1. The van der Waals surface area contributed by atoms with E-state index in [1.165, 1.54) is 4.90 Å². The van der Waals surface area contributed by atoms with Crippen molar-refractivity contribution < 1.29 is 14.5 Å². The van der Waals surface area contributed by atoms with E-state index in [0.29, 0.717) is 5.96 Å². The fraction of sp³-hybridized carbons (Fsp3) is 0.471. The molecule has 0 bridgehead atoms. The Morgan fingerprint density at radius 3 is 2.62 bits per heavy atom. The number of aliphatic imine (C=N–C) groups is 1. The van der Waals surface area contributed by atoms with Crippen molar-refractivity contribution in [1.82, 2.24) is 10.2 Å². The molecule has 1 atom stereocenters. The molecule has 24 heavy (non-hydrogen) atoms. The lowest BCUT2D eigenvalue weighted by Crippen LogP contribution is -3.12. The largest absolute Gasteiger partial charge is 0.334 e. The molecule has 0 radical (unpaired) electrons. The van der Waals surface area contributed by atoms with Gasteiger partial charge >= 0.3 is 0 Å². The molecule has 3 rings (SSSR count). The van der Waals surface area contributed by atoms with Crippen LogP contribution in [0.4, 0.5) is 5.69 Å². The van der Waals surface area contributed by atoms with Crippen LogP contribution in [0.1, 0.15) is 12.0 Å². The predicted molar refractivity (Wildman–Crippen MR) is 92.0 cm³/mol. The molecule has 0 aliphatic carbocycles. The molecule has 2 heterocycles. The summed E-state index contributed by atoms with van der Waals surface area (Å²) in [5.41, 5.74) is 1.85. The monoisotopic (exact) mass is 330 g/mol. The lowest BCUT2D eigenvalue weighted by Gasteiger charge is -2.34. The zero-order chi connectivity index (χ0) is 17.1. The number of quaternary nitrogens is 1. The Morgan fingerprint density at radius 2 is 1.96 bits per heavy atom. The van der Waals surface area contributed by atoms with Gasteiger partial charge in [-0.2, -0.15) is 0 Å². The molecule has 2 aliphatic heterocycles. The van der Waals surface area contributed by atoms with E-state index in [-0.39, 0.29) is 18.2 Å². The molecule has 128 valence electrons. The van der Waals surface area contributed by atoms with Gasteiger partial charge in [-0.1, -0.05) is 17.7 Å². The number of aryl methyl sites for hydroxylation is 1. The number of nitrogens with zero attached hydrogens (tertiary/aromatic N) is 2. The van der Waals surface area contributed by atoms with Crippen molar-refractivity contribution in [2.45, 2.75) is 19.4 Å². The van der Waals surface area contributed by atoms with Crippen LogP contribution in [-0.4, -0.2) is 61.9 Å². The Labute approximate surface area is 141 Å². The van der Waals surface area contributed by atoms with Crippen molar-refractivity contribution in [3.05, 3.63) is 29.8 Å². The minimum atomic E-state index is -0.679. The van der Waals surface area contributed by atoms with E-state index >= 15 is 0 Å². The molecular weight excluding hydrogens is 306 g/mol. The third-order valence-corrected chi connectivity index (χ3v) is 4.45. The number of amides is 2. The number of guanidine groups is 1. The van der Waals surface area contributed by atoms with Crippen LogP contribution in [0.25, 0.3) is 0 Å². The lowest BCUT2D eigenvalue weighted by atomic mass is 10.1. The topological polar surface area (TPSA) is 78.2 Å². The van der Waals surface area contributed by atoms with Gasteiger partial charge in [0, 0.05) is 5.69 Å².